The molecule has 0 spiro atoms. The lowest BCUT2D eigenvalue weighted by molar-refractivity contribution is 0.0527. The first kappa shape index (κ1) is 12.4. The molecule has 94 valence electrons. The summed E-state index contributed by atoms with van der Waals surface area (Å²) in [5.74, 6) is 0.469. The Hall–Kier alpha value is -1.10. The maximum Gasteiger partial charge on any atom is 0.343 e. The zero-order valence-corrected chi connectivity index (χ0v) is 11.3. The van der Waals surface area contributed by atoms with Crippen LogP contribution in [0.25, 0.3) is 0 Å². The fraction of sp³-hybridized carbons (Fsp3) is 0.667. The van der Waals surface area contributed by atoms with Crippen molar-refractivity contribution >= 4 is 22.5 Å². The monoisotopic (exact) mass is 254 g/mol. The summed E-state index contributed by atoms with van der Waals surface area (Å²) in [4.78, 5) is 11.8. The molecule has 1 heterocycles. The first-order valence-corrected chi connectivity index (χ1v) is 6.80. The van der Waals surface area contributed by atoms with Crippen LogP contribution in [0.5, 0.6) is 0 Å². The molecule has 1 unspecified atom stereocenters. The zero-order chi connectivity index (χ0) is 12.4. The number of anilines is 1. The normalized spacial score (nSPS) is 16.6. The summed E-state index contributed by atoms with van der Waals surface area (Å²) in [6.45, 7) is 6.20. The van der Waals surface area contributed by atoms with Crippen LogP contribution < -0.4 is 5.32 Å². The molecule has 2 rings (SSSR count). The number of nitrogens with zero attached hydrogens (tertiary/aromatic N) is 1. The summed E-state index contributed by atoms with van der Waals surface area (Å²) in [6.07, 6.45) is 2.56. The highest BCUT2D eigenvalue weighted by molar-refractivity contribution is 7.10. The van der Waals surface area contributed by atoms with Crippen LogP contribution in [0.4, 0.5) is 5.00 Å². The van der Waals surface area contributed by atoms with E-state index in [-0.39, 0.29) is 5.97 Å². The Bertz CT molecular complexity index is 413. The van der Waals surface area contributed by atoms with Crippen molar-refractivity contribution in [2.75, 3.05) is 11.9 Å². The third-order valence-electron chi connectivity index (χ3n) is 3.03. The fourth-order valence-corrected chi connectivity index (χ4v) is 2.71. The smallest absolute Gasteiger partial charge is 0.343 e. The summed E-state index contributed by atoms with van der Waals surface area (Å²) in [5.41, 5.74) is 1.35. The van der Waals surface area contributed by atoms with Crippen molar-refractivity contribution in [3.05, 3.63) is 11.3 Å². The molecular weight excluding hydrogens is 236 g/mol. The fourth-order valence-electron chi connectivity index (χ4n) is 1.83. The summed E-state index contributed by atoms with van der Waals surface area (Å²) in [6, 6.07) is 0.406. The average Bonchev–Trinajstić information content (AvgIpc) is 3.05. The van der Waals surface area contributed by atoms with Gasteiger partial charge in [0.15, 0.2) is 0 Å². The third kappa shape index (κ3) is 2.77. The molecule has 0 aromatic carbocycles. The Kier molecular flexibility index (Phi) is 3.66. The molecule has 0 saturated heterocycles. The number of aromatic nitrogens is 1. The van der Waals surface area contributed by atoms with Crippen LogP contribution in [0.15, 0.2) is 0 Å². The van der Waals surface area contributed by atoms with Gasteiger partial charge >= 0.3 is 5.97 Å². The molecule has 1 aromatic rings. The van der Waals surface area contributed by atoms with Gasteiger partial charge in [-0.1, -0.05) is 0 Å². The number of carbonyl (C=O) groups is 1. The molecule has 1 aromatic heterocycles. The van der Waals surface area contributed by atoms with Gasteiger partial charge in [0.05, 0.1) is 12.3 Å². The largest absolute Gasteiger partial charge is 0.462 e. The van der Waals surface area contributed by atoms with Crippen LogP contribution in [-0.4, -0.2) is 23.0 Å². The topological polar surface area (TPSA) is 51.2 Å². The SMILES string of the molecule is CCOC(=O)c1c(C)nsc1NC(C)C1CC1. The summed E-state index contributed by atoms with van der Waals surface area (Å²) in [5, 5.41) is 4.24. The van der Waals surface area contributed by atoms with Crippen molar-refractivity contribution in [1.29, 1.82) is 0 Å². The standard InChI is InChI=1S/C12H18N2O2S/c1-4-16-12(15)10-8(3)14-17-11(10)13-7(2)9-5-6-9/h7,9,13H,4-6H2,1-3H3. The maximum atomic E-state index is 11.8. The molecule has 0 bridgehead atoms. The molecule has 0 amide bonds. The van der Waals surface area contributed by atoms with Crippen molar-refractivity contribution < 1.29 is 9.53 Å². The molecule has 5 heteroatoms. The Morgan fingerprint density at radius 3 is 2.94 bits per heavy atom. The molecule has 1 fully saturated rings. The summed E-state index contributed by atoms with van der Waals surface area (Å²) < 4.78 is 9.28. The van der Waals surface area contributed by atoms with Crippen LogP contribution in [0, 0.1) is 12.8 Å². The molecule has 1 N–H and O–H groups in total. The van der Waals surface area contributed by atoms with E-state index in [1.807, 2.05) is 13.8 Å². The van der Waals surface area contributed by atoms with Gasteiger partial charge in [-0.15, -0.1) is 0 Å². The lowest BCUT2D eigenvalue weighted by atomic mass is 10.2. The molecule has 1 aliphatic carbocycles. The third-order valence-corrected chi connectivity index (χ3v) is 3.90. The number of carbonyl (C=O) groups excluding carboxylic acids is 1. The highest BCUT2D eigenvalue weighted by Crippen LogP contribution is 2.35. The van der Waals surface area contributed by atoms with Gasteiger partial charge < -0.3 is 10.1 Å². The minimum Gasteiger partial charge on any atom is -0.462 e. The number of rotatable bonds is 5. The molecule has 1 atom stereocenters. The second-order valence-corrected chi connectivity index (χ2v) is 5.24. The van der Waals surface area contributed by atoms with Gasteiger partial charge in [0.1, 0.15) is 10.6 Å². The molecule has 1 saturated carbocycles. The van der Waals surface area contributed by atoms with Crippen molar-refractivity contribution in [3.63, 3.8) is 0 Å². The predicted octanol–water partition coefficient (Wildman–Crippen LogP) is 2.84. The molecule has 0 radical (unpaired) electrons. The molecule has 0 aliphatic heterocycles. The highest BCUT2D eigenvalue weighted by Gasteiger charge is 2.29. The van der Waals surface area contributed by atoms with E-state index >= 15 is 0 Å². The Balaban J connectivity index is 2.13. The van der Waals surface area contributed by atoms with Crippen LogP contribution >= 0.6 is 11.5 Å². The van der Waals surface area contributed by atoms with Crippen LogP contribution in [0.1, 0.15) is 42.7 Å². The number of ether oxygens (including phenoxy) is 1. The molecule has 17 heavy (non-hydrogen) atoms. The highest BCUT2D eigenvalue weighted by atomic mass is 32.1. The minimum absolute atomic E-state index is 0.274. The lowest BCUT2D eigenvalue weighted by Gasteiger charge is -2.13. The van der Waals surface area contributed by atoms with Crippen molar-refractivity contribution in [1.82, 2.24) is 4.37 Å². The Labute approximate surface area is 106 Å². The predicted molar refractivity (Wildman–Crippen MR) is 68.6 cm³/mol. The van der Waals surface area contributed by atoms with E-state index in [0.29, 0.717) is 18.2 Å². The number of hydrogen-bond donors (Lipinski definition) is 1. The number of aryl methyl sites for hydroxylation is 1. The van der Waals surface area contributed by atoms with E-state index in [0.717, 1.165) is 16.6 Å². The summed E-state index contributed by atoms with van der Waals surface area (Å²) in [7, 11) is 0. The zero-order valence-electron chi connectivity index (χ0n) is 10.4. The van der Waals surface area contributed by atoms with E-state index in [4.69, 9.17) is 4.74 Å². The minimum atomic E-state index is -0.274. The van der Waals surface area contributed by atoms with E-state index in [1.54, 1.807) is 0 Å². The molecular formula is C12H18N2O2S. The van der Waals surface area contributed by atoms with E-state index in [2.05, 4.69) is 16.6 Å². The van der Waals surface area contributed by atoms with E-state index < -0.39 is 0 Å². The van der Waals surface area contributed by atoms with Gasteiger partial charge in [-0.05, 0) is 51.1 Å². The summed E-state index contributed by atoms with van der Waals surface area (Å²) >= 11 is 1.34. The van der Waals surface area contributed by atoms with Gasteiger partial charge in [-0.25, -0.2) is 4.79 Å². The van der Waals surface area contributed by atoms with Crippen LogP contribution in [0.2, 0.25) is 0 Å². The number of hydrogen-bond acceptors (Lipinski definition) is 5. The van der Waals surface area contributed by atoms with Gasteiger partial charge in [0.2, 0.25) is 0 Å². The Morgan fingerprint density at radius 2 is 2.35 bits per heavy atom. The van der Waals surface area contributed by atoms with E-state index in [9.17, 15) is 4.79 Å². The molecule has 1 aliphatic rings. The van der Waals surface area contributed by atoms with Gasteiger partial charge in [-0.2, -0.15) is 4.37 Å². The number of nitrogens with one attached hydrogen (secondary N) is 1. The van der Waals surface area contributed by atoms with Crippen LogP contribution in [0.3, 0.4) is 0 Å². The van der Waals surface area contributed by atoms with E-state index in [1.165, 1.54) is 24.4 Å². The van der Waals surface area contributed by atoms with Gasteiger partial charge in [0.25, 0.3) is 0 Å². The van der Waals surface area contributed by atoms with Crippen molar-refractivity contribution in [2.24, 2.45) is 5.92 Å². The second-order valence-electron chi connectivity index (χ2n) is 4.46. The molecule has 4 nitrogen and oxygen atoms in total. The van der Waals surface area contributed by atoms with Crippen molar-refractivity contribution in [2.45, 2.75) is 39.7 Å². The first-order chi connectivity index (χ1) is 8.13. The second kappa shape index (κ2) is 5.04. The average molecular weight is 254 g/mol. The number of esters is 1. The quantitative estimate of drug-likeness (QED) is 0.821. The van der Waals surface area contributed by atoms with Gasteiger partial charge in [0, 0.05) is 6.04 Å². The Morgan fingerprint density at radius 1 is 1.65 bits per heavy atom. The van der Waals surface area contributed by atoms with Crippen LogP contribution in [-0.2, 0) is 4.74 Å². The lowest BCUT2D eigenvalue weighted by Crippen LogP contribution is -2.18. The van der Waals surface area contributed by atoms with Crippen molar-refractivity contribution in [3.8, 4) is 0 Å². The first-order valence-electron chi connectivity index (χ1n) is 6.03. The maximum absolute atomic E-state index is 11.8. The van der Waals surface area contributed by atoms with Gasteiger partial charge in [-0.3, -0.25) is 0 Å².